The van der Waals surface area contributed by atoms with Gasteiger partial charge in [0.25, 0.3) is 5.91 Å². The molecule has 0 aromatic rings. The summed E-state index contributed by atoms with van der Waals surface area (Å²) in [5, 5.41) is 29.2. The van der Waals surface area contributed by atoms with Crippen LogP contribution in [0.15, 0.2) is 0 Å². The van der Waals surface area contributed by atoms with Crippen LogP contribution in [0.4, 0.5) is 0 Å². The number of fused-ring (bicyclic) bond motifs is 1. The first kappa shape index (κ1) is 19.5. The number of β-lactam (4-membered cyclic amide) rings is 1. The highest BCUT2D eigenvalue weighted by Crippen LogP contribution is 2.56. The Morgan fingerprint density at radius 1 is 1.36 bits per heavy atom. The van der Waals surface area contributed by atoms with Crippen molar-refractivity contribution in [2.75, 3.05) is 0 Å². The Kier molecular flexibility index (Phi) is 5.04. The number of amides is 2. The molecule has 2 amide bonds. The zero-order chi connectivity index (χ0) is 19.2. The van der Waals surface area contributed by atoms with Crippen molar-refractivity contribution in [3.05, 3.63) is 0 Å². The van der Waals surface area contributed by atoms with Gasteiger partial charge in [0.1, 0.15) is 12.1 Å². The van der Waals surface area contributed by atoms with Crippen LogP contribution in [0.2, 0.25) is 0 Å². The third-order valence-corrected chi connectivity index (χ3v) is 5.79. The van der Waals surface area contributed by atoms with Crippen molar-refractivity contribution in [1.82, 2.24) is 10.2 Å². The number of nitrogens with two attached hydrogens (primary N) is 1. The Hall–Kier alpha value is -1.85. The van der Waals surface area contributed by atoms with Crippen LogP contribution in [-0.2, 0) is 19.2 Å². The Bertz CT molecular complexity index is 626. The van der Waals surface area contributed by atoms with E-state index in [2.05, 4.69) is 5.32 Å². The number of rotatable bonds is 7. The number of carbonyl (C=O) groups excluding carboxylic acids is 2. The number of nitrogens with zero attached hydrogens (tertiary/aromatic N) is 1. The van der Waals surface area contributed by atoms with Crippen molar-refractivity contribution < 1.29 is 34.5 Å². The van der Waals surface area contributed by atoms with Crippen molar-refractivity contribution >= 4 is 35.5 Å². The van der Waals surface area contributed by atoms with Gasteiger partial charge in [-0.25, -0.2) is 4.79 Å². The van der Waals surface area contributed by atoms with Gasteiger partial charge in [-0.2, -0.15) is 0 Å². The highest BCUT2D eigenvalue weighted by molar-refractivity contribution is 8.02. The average Bonchev–Trinajstić information content (AvgIpc) is 2.68. The molecule has 2 saturated heterocycles. The fourth-order valence-corrected chi connectivity index (χ4v) is 4.77. The summed E-state index contributed by atoms with van der Waals surface area (Å²) in [5.74, 6) is -3.59. The Morgan fingerprint density at radius 2 is 1.96 bits per heavy atom. The number of carboxylic acids is 2. The molecule has 4 atom stereocenters. The van der Waals surface area contributed by atoms with Crippen molar-refractivity contribution in [3.63, 3.8) is 0 Å². The third-order valence-electron chi connectivity index (χ3n) is 4.31. The number of thioether (sulfide) groups is 1. The summed E-state index contributed by atoms with van der Waals surface area (Å²) in [7, 11) is 0. The Morgan fingerprint density at radius 3 is 2.48 bits per heavy atom. The summed E-state index contributed by atoms with van der Waals surface area (Å²) in [6.45, 7) is 3.21. The molecule has 2 aliphatic rings. The molecule has 2 unspecified atom stereocenters. The van der Waals surface area contributed by atoms with Crippen molar-refractivity contribution in [2.45, 2.75) is 61.0 Å². The number of carbonyl (C=O) groups is 4. The number of aliphatic hydroxyl groups is 1. The maximum absolute atomic E-state index is 12.2. The zero-order valence-electron chi connectivity index (χ0n) is 13.8. The minimum Gasteiger partial charge on any atom is -0.480 e. The van der Waals surface area contributed by atoms with Crippen LogP contribution in [-0.4, -0.2) is 71.9 Å². The number of carboxylic acid groups (broad SMARTS) is 2. The summed E-state index contributed by atoms with van der Waals surface area (Å²) in [6, 6.07) is -3.50. The summed E-state index contributed by atoms with van der Waals surface area (Å²) in [4.78, 5) is 47.1. The maximum Gasteiger partial charge on any atom is 0.328 e. The monoisotopic (exact) mass is 375 g/mol. The second-order valence-corrected chi connectivity index (χ2v) is 8.51. The summed E-state index contributed by atoms with van der Waals surface area (Å²) >= 11 is 0.910. The van der Waals surface area contributed by atoms with Crippen LogP contribution in [0.3, 0.4) is 0 Å². The van der Waals surface area contributed by atoms with Gasteiger partial charge in [0.2, 0.25) is 11.0 Å². The predicted molar refractivity (Wildman–Crippen MR) is 86.3 cm³/mol. The van der Waals surface area contributed by atoms with Crippen LogP contribution >= 0.6 is 11.8 Å². The van der Waals surface area contributed by atoms with E-state index in [0.717, 1.165) is 16.7 Å². The van der Waals surface area contributed by atoms with Crippen molar-refractivity contribution in [1.29, 1.82) is 0 Å². The molecule has 0 saturated carbocycles. The molecule has 2 rings (SSSR count). The van der Waals surface area contributed by atoms with Gasteiger partial charge in [0.05, 0.1) is 0 Å². The number of nitrogens with one attached hydrogen (secondary N) is 1. The minimum absolute atomic E-state index is 0.0583. The molecule has 0 bridgehead atoms. The van der Waals surface area contributed by atoms with E-state index in [-0.39, 0.29) is 19.3 Å². The third kappa shape index (κ3) is 3.31. The Labute approximate surface area is 147 Å². The van der Waals surface area contributed by atoms with E-state index >= 15 is 0 Å². The molecule has 0 aromatic carbocycles. The Balaban J connectivity index is 1.97. The topological polar surface area (TPSA) is 170 Å². The van der Waals surface area contributed by atoms with Gasteiger partial charge in [-0.15, -0.1) is 0 Å². The molecule has 140 valence electrons. The zero-order valence-corrected chi connectivity index (χ0v) is 14.6. The molecule has 2 aliphatic heterocycles. The van der Waals surface area contributed by atoms with E-state index in [1.54, 1.807) is 13.8 Å². The van der Waals surface area contributed by atoms with Crippen LogP contribution in [0.5, 0.6) is 0 Å². The summed E-state index contributed by atoms with van der Waals surface area (Å²) in [6.07, 6.45) is 0.247. The molecule has 10 nitrogen and oxygen atoms in total. The highest BCUT2D eigenvalue weighted by atomic mass is 32.2. The smallest absolute Gasteiger partial charge is 0.328 e. The average molecular weight is 375 g/mol. The second kappa shape index (κ2) is 6.46. The van der Waals surface area contributed by atoms with Crippen LogP contribution < -0.4 is 11.1 Å². The molecule has 0 aromatic heterocycles. The molecule has 25 heavy (non-hydrogen) atoms. The van der Waals surface area contributed by atoms with Gasteiger partial charge in [0.15, 0.2) is 6.04 Å². The van der Waals surface area contributed by atoms with Crippen molar-refractivity contribution in [2.24, 2.45) is 5.73 Å². The van der Waals surface area contributed by atoms with Gasteiger partial charge in [0, 0.05) is 11.2 Å². The second-order valence-electron chi connectivity index (χ2n) is 6.65. The fourth-order valence-electron chi connectivity index (χ4n) is 3.11. The van der Waals surface area contributed by atoms with E-state index in [9.17, 15) is 29.4 Å². The van der Waals surface area contributed by atoms with E-state index in [1.165, 1.54) is 0 Å². The first-order valence-electron chi connectivity index (χ1n) is 7.68. The van der Waals surface area contributed by atoms with Gasteiger partial charge in [-0.1, -0.05) is 11.8 Å². The number of aliphatic carboxylic acids is 2. The quantitative estimate of drug-likeness (QED) is 0.333. The lowest BCUT2D eigenvalue weighted by Gasteiger charge is -2.49. The van der Waals surface area contributed by atoms with Crippen LogP contribution in [0.25, 0.3) is 0 Å². The SMILES string of the molecule is CC1(C)SC2(O)[C@@H](NC(=O)CCCC(N)C(=O)O)C(=O)N2[C@H]1C(=O)O. The van der Waals surface area contributed by atoms with Crippen LogP contribution in [0.1, 0.15) is 33.1 Å². The molecule has 2 fully saturated rings. The lowest BCUT2D eigenvalue weighted by molar-refractivity contribution is -0.192. The largest absolute Gasteiger partial charge is 0.480 e. The fraction of sp³-hybridized carbons (Fsp3) is 0.714. The number of hydrogen-bond acceptors (Lipinski definition) is 7. The normalized spacial score (nSPS) is 31.0. The predicted octanol–water partition coefficient (Wildman–Crippen LogP) is -1.48. The lowest BCUT2D eigenvalue weighted by Crippen LogP contribution is -2.78. The lowest BCUT2D eigenvalue weighted by atomic mass is 9.94. The van der Waals surface area contributed by atoms with E-state index < -0.39 is 51.7 Å². The summed E-state index contributed by atoms with van der Waals surface area (Å²) in [5.41, 5.74) is 5.34. The van der Waals surface area contributed by atoms with Gasteiger partial charge in [-0.05, 0) is 26.7 Å². The van der Waals surface area contributed by atoms with Gasteiger partial charge < -0.3 is 26.4 Å². The molecule has 0 aliphatic carbocycles. The highest BCUT2D eigenvalue weighted by Gasteiger charge is 2.73. The van der Waals surface area contributed by atoms with E-state index in [0.29, 0.717) is 0 Å². The van der Waals surface area contributed by atoms with E-state index in [4.69, 9.17) is 10.8 Å². The van der Waals surface area contributed by atoms with Crippen molar-refractivity contribution in [3.8, 4) is 0 Å². The molecule has 0 spiro atoms. The first-order valence-corrected chi connectivity index (χ1v) is 8.49. The molecule has 2 heterocycles. The molecular formula is C14H21N3O7S. The molecule has 0 radical (unpaired) electrons. The molecule has 11 heteroatoms. The van der Waals surface area contributed by atoms with E-state index in [1.807, 2.05) is 0 Å². The molecule has 6 N–H and O–H groups in total. The summed E-state index contributed by atoms with van der Waals surface area (Å²) < 4.78 is -0.927. The number of hydrogen-bond donors (Lipinski definition) is 5. The maximum atomic E-state index is 12.2. The molecular weight excluding hydrogens is 354 g/mol. The first-order chi connectivity index (χ1) is 11.4. The van der Waals surface area contributed by atoms with Crippen LogP contribution in [0, 0.1) is 0 Å². The van der Waals surface area contributed by atoms with Gasteiger partial charge >= 0.3 is 11.9 Å². The minimum atomic E-state index is -1.81. The standard InChI is InChI=1S/C14H21N3O7S/c1-13(2)9(12(22)23)17-10(19)8(14(17,24)25-13)16-7(18)5-3-4-6(15)11(20)21/h6,8-9,24H,3-5,15H2,1-2H3,(H,16,18)(H,20,21)(H,22,23)/t6?,8-,9-,14?/m0/s1. The van der Waals surface area contributed by atoms with Gasteiger partial charge in [-0.3, -0.25) is 19.3 Å².